The topological polar surface area (TPSA) is 57.8 Å². The molecule has 0 aliphatic carbocycles. The molecule has 0 unspecified atom stereocenters. The average Bonchev–Trinajstić information content (AvgIpc) is 3.13. The van der Waals surface area contributed by atoms with Crippen LogP contribution in [0.2, 0.25) is 0 Å². The molecule has 4 rings (SSSR count). The summed E-state index contributed by atoms with van der Waals surface area (Å²) in [6.45, 7) is 1.29. The van der Waals surface area contributed by atoms with Gasteiger partial charge in [-0.1, -0.05) is 0 Å². The molecule has 0 saturated carbocycles. The highest BCUT2D eigenvalue weighted by Gasteiger charge is 2.34. The molecule has 2 N–H and O–H groups in total. The number of nitrogens with one attached hydrogen (secondary N) is 2. The number of hydrogen-bond donors (Lipinski definition) is 2. The Bertz CT molecular complexity index is 1320. The van der Waals surface area contributed by atoms with Crippen LogP contribution in [0.15, 0.2) is 36.5 Å². The summed E-state index contributed by atoms with van der Waals surface area (Å²) in [6.07, 6.45) is -3.35. The van der Waals surface area contributed by atoms with E-state index >= 15 is 0 Å². The highest BCUT2D eigenvalue weighted by molar-refractivity contribution is 6.07. The van der Waals surface area contributed by atoms with E-state index in [1.165, 1.54) is 32.3 Å². The lowest BCUT2D eigenvalue weighted by Crippen LogP contribution is -2.19. The Kier molecular flexibility index (Phi) is 4.48. The van der Waals surface area contributed by atoms with Crippen molar-refractivity contribution in [2.24, 2.45) is 0 Å². The summed E-state index contributed by atoms with van der Waals surface area (Å²) in [5.41, 5.74) is -1.23. The van der Waals surface area contributed by atoms with Gasteiger partial charge in [-0.15, -0.1) is 0 Å². The monoisotopic (exact) mass is 419 g/mol. The van der Waals surface area contributed by atoms with Crippen molar-refractivity contribution in [1.29, 1.82) is 0 Å². The lowest BCUT2D eigenvalue weighted by molar-refractivity contribution is -0.136. The summed E-state index contributed by atoms with van der Waals surface area (Å²) in [5, 5.41) is 2.55. The van der Waals surface area contributed by atoms with E-state index in [9.17, 15) is 26.7 Å². The first kappa shape index (κ1) is 19.8. The number of aromatic nitrogens is 2. The minimum atomic E-state index is -4.71. The second-order valence-corrected chi connectivity index (χ2v) is 6.75. The van der Waals surface area contributed by atoms with Gasteiger partial charge in [0.2, 0.25) is 0 Å². The number of halogens is 5. The van der Waals surface area contributed by atoms with E-state index in [0.29, 0.717) is 0 Å². The van der Waals surface area contributed by atoms with E-state index in [4.69, 9.17) is 0 Å². The molecule has 2 aromatic heterocycles. The number of amides is 1. The lowest BCUT2D eigenvalue weighted by Gasteiger charge is -2.13. The number of nitrogens with zero attached hydrogens (tertiary/aromatic N) is 1. The molecule has 4 aromatic rings. The Morgan fingerprint density at radius 3 is 2.50 bits per heavy atom. The maximum Gasteiger partial charge on any atom is 0.418 e. The van der Waals surface area contributed by atoms with E-state index in [1.807, 2.05) is 0 Å². The predicted octanol–water partition coefficient (Wildman–Crippen LogP) is 5.35. The number of aromatic amines is 1. The van der Waals surface area contributed by atoms with Gasteiger partial charge in [0.15, 0.2) is 5.82 Å². The van der Waals surface area contributed by atoms with Crippen LogP contribution in [0, 0.1) is 18.6 Å². The van der Waals surface area contributed by atoms with E-state index in [-0.39, 0.29) is 38.7 Å². The Morgan fingerprint density at radius 2 is 1.83 bits per heavy atom. The summed E-state index contributed by atoms with van der Waals surface area (Å²) in [4.78, 5) is 18.9. The van der Waals surface area contributed by atoms with Gasteiger partial charge in [-0.2, -0.15) is 13.2 Å². The van der Waals surface area contributed by atoms with Crippen LogP contribution in [0.4, 0.5) is 22.0 Å². The maximum absolute atomic E-state index is 14.4. The molecule has 1 amide bonds. The molecule has 0 aliphatic rings. The molecular formula is C21H14F5N3O. The van der Waals surface area contributed by atoms with E-state index in [0.717, 1.165) is 18.2 Å². The highest BCUT2D eigenvalue weighted by Crippen LogP contribution is 2.37. The predicted molar refractivity (Wildman–Crippen MR) is 102 cm³/mol. The SMILES string of the molecule is CNC(=O)c1ccc(C(F)(F)F)c2nc(-c3c[nH]c4c(F)c(C)c(F)cc34)ccc12. The van der Waals surface area contributed by atoms with Gasteiger partial charge >= 0.3 is 6.18 Å². The zero-order valence-corrected chi connectivity index (χ0v) is 15.7. The second-order valence-electron chi connectivity index (χ2n) is 6.75. The number of H-pyrrole nitrogens is 1. The van der Waals surface area contributed by atoms with Crippen molar-refractivity contribution in [3.8, 4) is 11.3 Å². The number of pyridine rings is 1. The standard InChI is InChI=1S/C21H14F5N3O/c1-9-15(22)7-12-13(8-28-19(12)17(9)23)16-6-4-10-11(20(30)27-2)3-5-14(18(10)29-16)21(24,25)26/h3-8,28H,1-2H3,(H,27,30). The maximum atomic E-state index is 14.4. The van der Waals surface area contributed by atoms with E-state index < -0.39 is 34.8 Å². The third-order valence-electron chi connectivity index (χ3n) is 5.01. The summed E-state index contributed by atoms with van der Waals surface area (Å²) >= 11 is 0. The molecule has 154 valence electrons. The van der Waals surface area contributed by atoms with Crippen LogP contribution in [0.3, 0.4) is 0 Å². The quantitative estimate of drug-likeness (QED) is 0.431. The number of fused-ring (bicyclic) bond motifs is 2. The first-order valence-electron chi connectivity index (χ1n) is 8.82. The van der Waals surface area contributed by atoms with Gasteiger partial charge in [0.25, 0.3) is 5.91 Å². The van der Waals surface area contributed by atoms with Gasteiger partial charge in [-0.3, -0.25) is 4.79 Å². The van der Waals surface area contributed by atoms with Crippen molar-refractivity contribution in [2.75, 3.05) is 7.05 Å². The van der Waals surface area contributed by atoms with Crippen molar-refractivity contribution < 1.29 is 26.7 Å². The smallest absolute Gasteiger partial charge is 0.358 e. The lowest BCUT2D eigenvalue weighted by atomic mass is 10.0. The van der Waals surface area contributed by atoms with Crippen LogP contribution in [0.1, 0.15) is 21.5 Å². The summed E-state index contributed by atoms with van der Waals surface area (Å²) in [7, 11) is 1.37. The van der Waals surface area contributed by atoms with Crippen molar-refractivity contribution in [3.63, 3.8) is 0 Å². The molecular weight excluding hydrogens is 405 g/mol. The second kappa shape index (κ2) is 6.79. The van der Waals surface area contributed by atoms with Gasteiger partial charge in [0, 0.05) is 40.7 Å². The summed E-state index contributed by atoms with van der Waals surface area (Å²) < 4.78 is 69.1. The fourth-order valence-corrected chi connectivity index (χ4v) is 3.43. The zero-order valence-electron chi connectivity index (χ0n) is 15.7. The number of alkyl halides is 3. The first-order chi connectivity index (χ1) is 14.1. The van der Waals surface area contributed by atoms with Gasteiger partial charge in [0.1, 0.15) is 5.82 Å². The molecule has 0 aliphatic heterocycles. The molecule has 2 aromatic carbocycles. The minimum absolute atomic E-state index is 0.0148. The van der Waals surface area contributed by atoms with Crippen LogP contribution in [-0.2, 0) is 6.18 Å². The zero-order chi connectivity index (χ0) is 21.8. The Hall–Kier alpha value is -3.49. The van der Waals surface area contributed by atoms with Crippen LogP contribution in [0.5, 0.6) is 0 Å². The molecule has 0 atom stereocenters. The van der Waals surface area contributed by atoms with Gasteiger partial charge < -0.3 is 10.3 Å². The van der Waals surface area contributed by atoms with Gasteiger partial charge in [0.05, 0.1) is 22.3 Å². The van der Waals surface area contributed by atoms with Crippen molar-refractivity contribution in [2.45, 2.75) is 13.1 Å². The largest absolute Gasteiger partial charge is 0.418 e. The van der Waals surface area contributed by atoms with Crippen molar-refractivity contribution >= 4 is 27.7 Å². The molecule has 4 nitrogen and oxygen atoms in total. The Balaban J connectivity index is 2.03. The number of benzene rings is 2. The summed E-state index contributed by atoms with van der Waals surface area (Å²) in [5.74, 6) is -2.12. The molecule has 0 spiro atoms. The molecule has 2 heterocycles. The number of carbonyl (C=O) groups is 1. The molecule has 0 saturated heterocycles. The van der Waals surface area contributed by atoms with Crippen LogP contribution in [-0.4, -0.2) is 22.9 Å². The number of hydrogen-bond acceptors (Lipinski definition) is 2. The van der Waals surface area contributed by atoms with Crippen LogP contribution >= 0.6 is 0 Å². The molecule has 0 bridgehead atoms. The van der Waals surface area contributed by atoms with E-state index in [2.05, 4.69) is 15.3 Å². The minimum Gasteiger partial charge on any atom is -0.358 e. The fraction of sp³-hybridized carbons (Fsp3) is 0.143. The van der Waals surface area contributed by atoms with Gasteiger partial charge in [-0.25, -0.2) is 13.8 Å². The van der Waals surface area contributed by atoms with Crippen molar-refractivity contribution in [3.05, 3.63) is 64.9 Å². The highest BCUT2D eigenvalue weighted by atomic mass is 19.4. The van der Waals surface area contributed by atoms with Crippen LogP contribution < -0.4 is 5.32 Å². The van der Waals surface area contributed by atoms with Crippen LogP contribution in [0.25, 0.3) is 33.1 Å². The first-order valence-corrected chi connectivity index (χ1v) is 8.82. The Morgan fingerprint density at radius 1 is 1.10 bits per heavy atom. The third-order valence-corrected chi connectivity index (χ3v) is 5.01. The van der Waals surface area contributed by atoms with Gasteiger partial charge in [-0.05, 0) is 37.3 Å². The molecule has 9 heteroatoms. The third kappa shape index (κ3) is 2.97. The normalized spacial score (nSPS) is 12.0. The molecule has 0 radical (unpaired) electrons. The average molecular weight is 419 g/mol. The van der Waals surface area contributed by atoms with E-state index in [1.54, 1.807) is 0 Å². The summed E-state index contributed by atoms with van der Waals surface area (Å²) in [6, 6.07) is 5.74. The molecule has 0 fully saturated rings. The fourth-order valence-electron chi connectivity index (χ4n) is 3.43. The Labute approximate surface area is 166 Å². The number of rotatable bonds is 2. The van der Waals surface area contributed by atoms with Crippen molar-refractivity contribution in [1.82, 2.24) is 15.3 Å². The molecule has 30 heavy (non-hydrogen) atoms. The number of carbonyl (C=O) groups excluding carboxylic acids is 1.